The summed E-state index contributed by atoms with van der Waals surface area (Å²) in [4.78, 5) is 8.11. The maximum atomic E-state index is 9.57. The summed E-state index contributed by atoms with van der Waals surface area (Å²) in [5.41, 5.74) is 2.77. The molecule has 122 valence electrons. The van der Waals surface area contributed by atoms with Gasteiger partial charge in [0.05, 0.1) is 26.5 Å². The van der Waals surface area contributed by atoms with E-state index in [0.717, 1.165) is 26.8 Å². The van der Waals surface area contributed by atoms with Crippen LogP contribution in [0.4, 0.5) is 5.69 Å². The number of thioether (sulfide) groups is 1. The van der Waals surface area contributed by atoms with Crippen molar-refractivity contribution in [2.75, 3.05) is 11.4 Å². The second-order valence-electron chi connectivity index (χ2n) is 5.50. The number of thiazole rings is 1. The molecule has 1 aromatic heterocycles. The Morgan fingerprint density at radius 3 is 2.80 bits per heavy atom. The molecular formula is C20H15N3S2. The summed E-state index contributed by atoms with van der Waals surface area (Å²) >= 11 is 3.29. The van der Waals surface area contributed by atoms with Gasteiger partial charge < -0.3 is 4.90 Å². The molecule has 2 heterocycles. The standard InChI is InChI=1S/C20H15N3S2/c1-2-23-16-8-4-6-10-18(16)24-19(23)12-11-14(13-21)20-22-15-7-3-5-9-17(15)25-20/h3-12H,2H2,1H3. The number of nitrogens with zero attached hydrogens (tertiary/aromatic N) is 3. The molecule has 0 bridgehead atoms. The van der Waals surface area contributed by atoms with Crippen LogP contribution in [0.5, 0.6) is 0 Å². The van der Waals surface area contributed by atoms with Crippen LogP contribution in [0.1, 0.15) is 11.9 Å². The number of anilines is 1. The number of allylic oxidation sites excluding steroid dienone is 3. The number of aromatic nitrogens is 1. The van der Waals surface area contributed by atoms with E-state index >= 15 is 0 Å². The number of hydrogen-bond donors (Lipinski definition) is 0. The van der Waals surface area contributed by atoms with Crippen LogP contribution in [-0.2, 0) is 0 Å². The lowest BCUT2D eigenvalue weighted by Crippen LogP contribution is -2.16. The van der Waals surface area contributed by atoms with Gasteiger partial charge in [-0.05, 0) is 43.3 Å². The molecule has 0 N–H and O–H groups in total. The third kappa shape index (κ3) is 2.95. The summed E-state index contributed by atoms with van der Waals surface area (Å²) in [6.07, 6.45) is 3.91. The fourth-order valence-corrected chi connectivity index (χ4v) is 4.87. The quantitative estimate of drug-likeness (QED) is 0.563. The fourth-order valence-electron chi connectivity index (χ4n) is 2.80. The first-order valence-corrected chi connectivity index (χ1v) is 9.66. The lowest BCUT2D eigenvalue weighted by atomic mass is 10.2. The molecule has 0 saturated heterocycles. The number of fused-ring (bicyclic) bond motifs is 2. The predicted octanol–water partition coefficient (Wildman–Crippen LogP) is 5.68. The predicted molar refractivity (Wildman–Crippen MR) is 107 cm³/mol. The van der Waals surface area contributed by atoms with E-state index in [9.17, 15) is 5.26 Å². The van der Waals surface area contributed by atoms with Gasteiger partial charge in [0.1, 0.15) is 11.1 Å². The first-order valence-electron chi connectivity index (χ1n) is 8.02. The van der Waals surface area contributed by atoms with Gasteiger partial charge in [-0.15, -0.1) is 11.3 Å². The van der Waals surface area contributed by atoms with E-state index in [4.69, 9.17) is 0 Å². The molecule has 0 spiro atoms. The highest BCUT2D eigenvalue weighted by atomic mass is 32.2. The van der Waals surface area contributed by atoms with Crippen LogP contribution in [0.15, 0.2) is 70.6 Å². The number of benzene rings is 2. The van der Waals surface area contributed by atoms with E-state index in [2.05, 4.69) is 47.1 Å². The minimum absolute atomic E-state index is 0.598. The summed E-state index contributed by atoms with van der Waals surface area (Å²) in [6, 6.07) is 18.6. The number of hydrogen-bond acceptors (Lipinski definition) is 5. The number of rotatable bonds is 3. The van der Waals surface area contributed by atoms with E-state index in [1.807, 2.05) is 36.4 Å². The maximum Gasteiger partial charge on any atom is 0.135 e. The van der Waals surface area contributed by atoms with E-state index in [-0.39, 0.29) is 0 Å². The van der Waals surface area contributed by atoms with Gasteiger partial charge in [0.2, 0.25) is 0 Å². The third-order valence-electron chi connectivity index (χ3n) is 3.99. The van der Waals surface area contributed by atoms with Crippen molar-refractivity contribution in [1.82, 2.24) is 4.98 Å². The van der Waals surface area contributed by atoms with Crippen molar-refractivity contribution in [3.63, 3.8) is 0 Å². The van der Waals surface area contributed by atoms with E-state index in [0.29, 0.717) is 5.57 Å². The molecule has 1 aliphatic heterocycles. The second kappa shape index (κ2) is 6.75. The average Bonchev–Trinajstić information content (AvgIpc) is 3.23. The van der Waals surface area contributed by atoms with Crippen molar-refractivity contribution in [2.45, 2.75) is 11.8 Å². The Morgan fingerprint density at radius 1 is 1.20 bits per heavy atom. The van der Waals surface area contributed by atoms with Crippen LogP contribution in [0.25, 0.3) is 15.8 Å². The molecule has 4 rings (SSSR count). The Hall–Kier alpha value is -2.55. The van der Waals surface area contributed by atoms with Crippen molar-refractivity contribution in [1.29, 1.82) is 5.26 Å². The summed E-state index contributed by atoms with van der Waals surface area (Å²) in [6.45, 7) is 3.03. The van der Waals surface area contributed by atoms with Crippen LogP contribution in [-0.4, -0.2) is 11.5 Å². The van der Waals surface area contributed by atoms with Gasteiger partial charge >= 0.3 is 0 Å². The van der Waals surface area contributed by atoms with Crippen LogP contribution in [0, 0.1) is 11.3 Å². The van der Waals surface area contributed by atoms with Gasteiger partial charge in [0.25, 0.3) is 0 Å². The molecule has 0 saturated carbocycles. The smallest absolute Gasteiger partial charge is 0.135 e. The van der Waals surface area contributed by atoms with Crippen LogP contribution in [0.2, 0.25) is 0 Å². The molecule has 0 amide bonds. The Labute approximate surface area is 154 Å². The number of nitriles is 1. The van der Waals surface area contributed by atoms with Gasteiger partial charge in [-0.1, -0.05) is 36.0 Å². The second-order valence-corrected chi connectivity index (χ2v) is 7.59. The van der Waals surface area contributed by atoms with Gasteiger partial charge in [-0.3, -0.25) is 0 Å². The van der Waals surface area contributed by atoms with Crippen molar-refractivity contribution >= 4 is 44.6 Å². The monoisotopic (exact) mass is 361 g/mol. The minimum Gasteiger partial charge on any atom is -0.335 e. The van der Waals surface area contributed by atoms with E-state index < -0.39 is 0 Å². The zero-order valence-electron chi connectivity index (χ0n) is 13.6. The minimum atomic E-state index is 0.598. The highest BCUT2D eigenvalue weighted by Gasteiger charge is 2.22. The summed E-state index contributed by atoms with van der Waals surface area (Å²) in [7, 11) is 0. The Bertz CT molecular complexity index is 1010. The fraction of sp³-hybridized carbons (Fsp3) is 0.100. The molecule has 0 radical (unpaired) electrons. The number of para-hydroxylation sites is 2. The molecule has 25 heavy (non-hydrogen) atoms. The SMILES string of the molecule is CCN1C(=CC=C(C#N)c2nc3ccccc3s2)Sc2ccccc21. The summed E-state index contributed by atoms with van der Waals surface area (Å²) in [5, 5.41) is 11.5. The van der Waals surface area contributed by atoms with Crippen LogP contribution < -0.4 is 4.90 Å². The van der Waals surface area contributed by atoms with Crippen molar-refractivity contribution in [3.05, 3.63) is 70.7 Å². The lowest BCUT2D eigenvalue weighted by molar-refractivity contribution is 1.00. The highest BCUT2D eigenvalue weighted by molar-refractivity contribution is 8.03. The Balaban J connectivity index is 1.69. The molecular weight excluding hydrogens is 346 g/mol. The Kier molecular flexibility index (Phi) is 4.31. The van der Waals surface area contributed by atoms with Crippen LogP contribution in [0.3, 0.4) is 0 Å². The zero-order chi connectivity index (χ0) is 17.2. The molecule has 3 aromatic rings. The third-order valence-corrected chi connectivity index (χ3v) is 6.19. The van der Waals surface area contributed by atoms with Gasteiger partial charge in [0.15, 0.2) is 0 Å². The molecule has 2 aromatic carbocycles. The molecule has 0 atom stereocenters. The van der Waals surface area contributed by atoms with E-state index in [1.165, 1.54) is 10.6 Å². The molecule has 0 aliphatic carbocycles. The normalized spacial score (nSPS) is 15.6. The molecule has 1 aliphatic rings. The first kappa shape index (κ1) is 15.9. The van der Waals surface area contributed by atoms with Crippen molar-refractivity contribution in [2.24, 2.45) is 0 Å². The summed E-state index contributed by atoms with van der Waals surface area (Å²) in [5.74, 6) is 0. The lowest BCUT2D eigenvalue weighted by Gasteiger charge is -2.17. The van der Waals surface area contributed by atoms with E-state index in [1.54, 1.807) is 23.1 Å². The van der Waals surface area contributed by atoms with Gasteiger partial charge in [-0.2, -0.15) is 5.26 Å². The largest absolute Gasteiger partial charge is 0.335 e. The molecule has 0 fully saturated rings. The van der Waals surface area contributed by atoms with Crippen LogP contribution >= 0.6 is 23.1 Å². The summed E-state index contributed by atoms with van der Waals surface area (Å²) < 4.78 is 1.10. The Morgan fingerprint density at radius 2 is 2.00 bits per heavy atom. The average molecular weight is 361 g/mol. The topological polar surface area (TPSA) is 39.9 Å². The highest BCUT2D eigenvalue weighted by Crippen LogP contribution is 2.45. The van der Waals surface area contributed by atoms with Crippen molar-refractivity contribution < 1.29 is 0 Å². The first-order chi connectivity index (χ1) is 12.3. The molecule has 3 nitrogen and oxygen atoms in total. The van der Waals surface area contributed by atoms with Gasteiger partial charge in [-0.25, -0.2) is 4.98 Å². The van der Waals surface area contributed by atoms with Crippen molar-refractivity contribution in [3.8, 4) is 6.07 Å². The molecule has 0 unspecified atom stereocenters. The maximum absolute atomic E-state index is 9.57. The molecule has 5 heteroatoms. The zero-order valence-corrected chi connectivity index (χ0v) is 15.3. The van der Waals surface area contributed by atoms with Gasteiger partial charge in [0, 0.05) is 11.4 Å².